The molecule has 1 aliphatic rings. The van der Waals surface area contributed by atoms with Crippen LogP contribution >= 0.6 is 31.9 Å². The first-order valence-electron chi connectivity index (χ1n) is 6.55. The molecule has 2 rings (SSSR count). The van der Waals surface area contributed by atoms with Crippen molar-refractivity contribution in [1.29, 1.82) is 0 Å². The van der Waals surface area contributed by atoms with Crippen LogP contribution < -0.4 is 10.2 Å². The number of halogens is 2. The molecule has 0 spiro atoms. The predicted octanol–water partition coefficient (Wildman–Crippen LogP) is 4.18. The summed E-state index contributed by atoms with van der Waals surface area (Å²) in [6.45, 7) is 7.75. The van der Waals surface area contributed by atoms with Crippen molar-refractivity contribution in [1.82, 2.24) is 5.32 Å². The third-order valence-corrected chi connectivity index (χ3v) is 5.14. The number of benzene rings is 1. The largest absolute Gasteiger partial charge is 0.367 e. The zero-order valence-electron chi connectivity index (χ0n) is 11.0. The van der Waals surface area contributed by atoms with Gasteiger partial charge in [0.25, 0.3) is 0 Å². The van der Waals surface area contributed by atoms with E-state index in [1.165, 1.54) is 23.0 Å². The molecule has 0 bridgehead atoms. The molecule has 0 amide bonds. The van der Waals surface area contributed by atoms with Crippen molar-refractivity contribution in [2.75, 3.05) is 24.5 Å². The summed E-state index contributed by atoms with van der Waals surface area (Å²) >= 11 is 7.23. The summed E-state index contributed by atoms with van der Waals surface area (Å²) in [5.74, 6) is 0. The second-order valence-corrected chi connectivity index (χ2v) is 6.70. The first-order chi connectivity index (χ1) is 8.60. The van der Waals surface area contributed by atoms with Crippen molar-refractivity contribution in [2.45, 2.75) is 32.2 Å². The minimum Gasteiger partial charge on any atom is -0.367 e. The number of hydrogen-bond acceptors (Lipinski definition) is 2. The van der Waals surface area contributed by atoms with E-state index in [1.54, 1.807) is 0 Å². The summed E-state index contributed by atoms with van der Waals surface area (Å²) < 4.78 is 2.31. The maximum absolute atomic E-state index is 3.70. The van der Waals surface area contributed by atoms with Crippen molar-refractivity contribution in [3.8, 4) is 0 Å². The van der Waals surface area contributed by atoms with Crippen molar-refractivity contribution in [3.05, 3.63) is 27.1 Å². The quantitative estimate of drug-likeness (QED) is 0.852. The minimum absolute atomic E-state index is 0.264. The molecular weight excluding hydrogens is 356 g/mol. The van der Waals surface area contributed by atoms with Crippen LogP contribution in [0.1, 0.15) is 26.7 Å². The number of nitrogens with zero attached hydrogens (tertiary/aromatic N) is 1. The summed E-state index contributed by atoms with van der Waals surface area (Å²) in [7, 11) is 0. The number of hydrogen-bond donors (Lipinski definition) is 1. The molecule has 100 valence electrons. The average molecular weight is 376 g/mol. The lowest BCUT2D eigenvalue weighted by atomic mass is 9.90. The van der Waals surface area contributed by atoms with Gasteiger partial charge in [-0.2, -0.15) is 0 Å². The topological polar surface area (TPSA) is 15.3 Å². The molecule has 1 aromatic rings. The Kier molecular flexibility index (Phi) is 4.73. The van der Waals surface area contributed by atoms with Crippen LogP contribution in [0, 0.1) is 0 Å². The lowest BCUT2D eigenvalue weighted by Gasteiger charge is -2.44. The van der Waals surface area contributed by atoms with E-state index in [0.29, 0.717) is 0 Å². The molecule has 1 aliphatic heterocycles. The SMILES string of the molecule is CCC1(CC)CN(c2cc(Br)ccc2Br)CCN1. The Hall–Kier alpha value is -0.0600. The van der Waals surface area contributed by atoms with Crippen molar-refractivity contribution < 1.29 is 0 Å². The third kappa shape index (κ3) is 2.91. The number of anilines is 1. The molecule has 1 heterocycles. The van der Waals surface area contributed by atoms with Gasteiger partial charge in [-0.1, -0.05) is 29.8 Å². The van der Waals surface area contributed by atoms with Crippen LogP contribution in [0.4, 0.5) is 5.69 Å². The molecule has 0 atom stereocenters. The van der Waals surface area contributed by atoms with E-state index in [1.807, 2.05) is 0 Å². The van der Waals surface area contributed by atoms with E-state index in [4.69, 9.17) is 0 Å². The van der Waals surface area contributed by atoms with Gasteiger partial charge in [-0.15, -0.1) is 0 Å². The van der Waals surface area contributed by atoms with Crippen LogP contribution in [0.15, 0.2) is 27.1 Å². The van der Waals surface area contributed by atoms with Crippen molar-refractivity contribution in [3.63, 3.8) is 0 Å². The lowest BCUT2D eigenvalue weighted by molar-refractivity contribution is 0.277. The van der Waals surface area contributed by atoms with Gasteiger partial charge in [0, 0.05) is 34.1 Å². The van der Waals surface area contributed by atoms with Gasteiger partial charge < -0.3 is 10.2 Å². The first-order valence-corrected chi connectivity index (χ1v) is 8.14. The van der Waals surface area contributed by atoms with Crippen LogP contribution in [0.3, 0.4) is 0 Å². The van der Waals surface area contributed by atoms with E-state index in [-0.39, 0.29) is 5.54 Å². The van der Waals surface area contributed by atoms with E-state index >= 15 is 0 Å². The van der Waals surface area contributed by atoms with Crippen molar-refractivity contribution in [2.24, 2.45) is 0 Å². The summed E-state index contributed by atoms with van der Waals surface area (Å²) in [5, 5.41) is 3.70. The Balaban J connectivity index is 2.25. The first kappa shape index (κ1) is 14.4. The Labute approximate surface area is 126 Å². The summed E-state index contributed by atoms with van der Waals surface area (Å²) in [4.78, 5) is 2.48. The Bertz CT molecular complexity index is 416. The van der Waals surface area contributed by atoms with Gasteiger partial charge in [-0.25, -0.2) is 0 Å². The molecule has 1 fully saturated rings. The average Bonchev–Trinajstić information content (AvgIpc) is 2.41. The van der Waals surface area contributed by atoms with Crippen LogP contribution in [-0.2, 0) is 0 Å². The minimum atomic E-state index is 0.264. The highest BCUT2D eigenvalue weighted by Gasteiger charge is 2.32. The zero-order valence-corrected chi connectivity index (χ0v) is 14.1. The second kappa shape index (κ2) is 5.93. The van der Waals surface area contributed by atoms with Gasteiger partial charge in [-0.3, -0.25) is 0 Å². The Morgan fingerprint density at radius 3 is 2.67 bits per heavy atom. The monoisotopic (exact) mass is 374 g/mol. The molecule has 1 N–H and O–H groups in total. The fourth-order valence-corrected chi connectivity index (χ4v) is 3.46. The molecule has 0 saturated carbocycles. The summed E-state index contributed by atoms with van der Waals surface area (Å²) in [6, 6.07) is 6.38. The molecule has 0 aromatic heterocycles. The van der Waals surface area contributed by atoms with Crippen LogP contribution in [0.25, 0.3) is 0 Å². The number of piperazine rings is 1. The highest BCUT2D eigenvalue weighted by atomic mass is 79.9. The van der Waals surface area contributed by atoms with E-state index in [9.17, 15) is 0 Å². The Morgan fingerprint density at radius 1 is 1.28 bits per heavy atom. The van der Waals surface area contributed by atoms with E-state index in [0.717, 1.165) is 24.1 Å². The molecule has 1 aromatic carbocycles. The van der Waals surface area contributed by atoms with Gasteiger partial charge >= 0.3 is 0 Å². The molecule has 0 radical (unpaired) electrons. The molecule has 2 nitrogen and oxygen atoms in total. The second-order valence-electron chi connectivity index (χ2n) is 4.93. The molecule has 1 saturated heterocycles. The molecule has 0 unspecified atom stereocenters. The maximum Gasteiger partial charge on any atom is 0.0523 e. The normalized spacial score (nSPS) is 19.0. The van der Waals surface area contributed by atoms with Gasteiger partial charge in [0.05, 0.1) is 5.69 Å². The maximum atomic E-state index is 3.70. The molecule has 4 heteroatoms. The van der Waals surface area contributed by atoms with E-state index < -0.39 is 0 Å². The number of rotatable bonds is 3. The fraction of sp³-hybridized carbons (Fsp3) is 0.571. The van der Waals surface area contributed by atoms with Crippen LogP contribution in [0.5, 0.6) is 0 Å². The molecule has 18 heavy (non-hydrogen) atoms. The molecular formula is C14H20Br2N2. The smallest absolute Gasteiger partial charge is 0.0523 e. The van der Waals surface area contributed by atoms with Gasteiger partial charge in [-0.05, 0) is 47.0 Å². The lowest BCUT2D eigenvalue weighted by Crippen LogP contribution is -2.60. The standard InChI is InChI=1S/C14H20Br2N2/c1-3-14(4-2)10-18(8-7-17-14)13-9-11(15)5-6-12(13)16/h5-6,9,17H,3-4,7-8,10H2,1-2H3. The highest BCUT2D eigenvalue weighted by molar-refractivity contribution is 9.11. The highest BCUT2D eigenvalue weighted by Crippen LogP contribution is 2.32. The predicted molar refractivity (Wildman–Crippen MR) is 85.4 cm³/mol. The fourth-order valence-electron chi connectivity index (χ4n) is 2.61. The van der Waals surface area contributed by atoms with Gasteiger partial charge in [0.15, 0.2) is 0 Å². The summed E-state index contributed by atoms with van der Waals surface area (Å²) in [6.07, 6.45) is 2.34. The van der Waals surface area contributed by atoms with Crippen LogP contribution in [0.2, 0.25) is 0 Å². The van der Waals surface area contributed by atoms with Crippen LogP contribution in [-0.4, -0.2) is 25.2 Å². The summed E-state index contributed by atoms with van der Waals surface area (Å²) in [5.41, 5.74) is 1.55. The zero-order chi connectivity index (χ0) is 13.2. The Morgan fingerprint density at radius 2 is 2.00 bits per heavy atom. The van der Waals surface area contributed by atoms with E-state index in [2.05, 4.69) is 74.1 Å². The number of nitrogens with one attached hydrogen (secondary N) is 1. The van der Waals surface area contributed by atoms with Crippen molar-refractivity contribution >= 4 is 37.5 Å². The third-order valence-electron chi connectivity index (χ3n) is 3.98. The van der Waals surface area contributed by atoms with Gasteiger partial charge in [0.2, 0.25) is 0 Å². The molecule has 0 aliphatic carbocycles. The van der Waals surface area contributed by atoms with Gasteiger partial charge in [0.1, 0.15) is 0 Å².